The summed E-state index contributed by atoms with van der Waals surface area (Å²) >= 11 is 1.40. The zero-order valence-electron chi connectivity index (χ0n) is 7.44. The maximum absolute atomic E-state index is 10.9. The molecule has 70 valence electrons. The average molecular weight is 198 g/mol. The topological polar surface area (TPSA) is 74.5 Å². The summed E-state index contributed by atoms with van der Waals surface area (Å²) in [4.78, 5) is 10.9. The number of rotatable bonds is 3. The maximum atomic E-state index is 10.9. The normalized spacial score (nSPS) is 12.4. The van der Waals surface area contributed by atoms with Crippen molar-refractivity contribution in [1.29, 1.82) is 5.26 Å². The van der Waals surface area contributed by atoms with Crippen molar-refractivity contribution in [3.63, 3.8) is 0 Å². The maximum Gasteiger partial charge on any atom is 0.343 e. The summed E-state index contributed by atoms with van der Waals surface area (Å²) in [5.74, 6) is 0.617. The average Bonchev–Trinajstić information content (AvgIpc) is 2.44. The van der Waals surface area contributed by atoms with E-state index in [1.54, 1.807) is 7.05 Å². The lowest BCUT2D eigenvalue weighted by atomic mass is 10.3. The van der Waals surface area contributed by atoms with Crippen LogP contribution in [0, 0.1) is 17.2 Å². The van der Waals surface area contributed by atoms with Crippen molar-refractivity contribution >= 4 is 11.8 Å². The molecule has 1 aromatic heterocycles. The Bertz CT molecular complexity index is 375. The van der Waals surface area contributed by atoms with E-state index in [1.165, 1.54) is 16.3 Å². The van der Waals surface area contributed by atoms with Crippen LogP contribution in [0.1, 0.15) is 6.92 Å². The molecule has 0 aliphatic carbocycles. The van der Waals surface area contributed by atoms with E-state index in [0.717, 1.165) is 0 Å². The van der Waals surface area contributed by atoms with Gasteiger partial charge in [0.25, 0.3) is 0 Å². The summed E-state index contributed by atoms with van der Waals surface area (Å²) < 4.78 is 1.43. The van der Waals surface area contributed by atoms with E-state index in [4.69, 9.17) is 5.26 Å². The van der Waals surface area contributed by atoms with Gasteiger partial charge in [0.2, 0.25) is 0 Å². The first-order chi connectivity index (χ1) is 6.15. The summed E-state index contributed by atoms with van der Waals surface area (Å²) in [6.07, 6.45) is 0. The van der Waals surface area contributed by atoms with Gasteiger partial charge in [0.1, 0.15) is 0 Å². The summed E-state index contributed by atoms with van der Waals surface area (Å²) in [6, 6.07) is 2.12. The summed E-state index contributed by atoms with van der Waals surface area (Å²) in [5.41, 5.74) is -0.230. The molecule has 0 amide bonds. The minimum atomic E-state index is -0.230. The van der Waals surface area contributed by atoms with Gasteiger partial charge in [-0.05, 0) is 6.92 Å². The Morgan fingerprint density at radius 2 is 2.54 bits per heavy atom. The number of nitrogens with one attached hydrogen (secondary N) is 1. The van der Waals surface area contributed by atoms with Gasteiger partial charge in [0.15, 0.2) is 5.16 Å². The Labute approximate surface area is 79.8 Å². The highest BCUT2D eigenvalue weighted by Gasteiger charge is 2.06. The molecule has 1 heterocycles. The number of hydrogen-bond acceptors (Lipinski definition) is 4. The standard InChI is InChI=1S/C7H10N4OS/c1-5(3-8)4-13-7-10-9-6(12)11(7)2/h5H,4H2,1-2H3,(H,9,12). The molecule has 1 atom stereocenters. The van der Waals surface area contributed by atoms with Gasteiger partial charge in [0, 0.05) is 12.8 Å². The fourth-order valence-electron chi connectivity index (χ4n) is 0.698. The van der Waals surface area contributed by atoms with Crippen molar-refractivity contribution in [3.8, 4) is 6.07 Å². The quantitative estimate of drug-likeness (QED) is 0.711. The van der Waals surface area contributed by atoms with E-state index in [9.17, 15) is 4.79 Å². The minimum absolute atomic E-state index is 0.0307. The minimum Gasteiger partial charge on any atom is -0.273 e. The van der Waals surface area contributed by atoms with Crippen LogP contribution in [-0.2, 0) is 7.05 Å². The summed E-state index contributed by atoms with van der Waals surface area (Å²) in [5, 5.41) is 15.3. The molecule has 13 heavy (non-hydrogen) atoms. The molecule has 6 heteroatoms. The first-order valence-electron chi connectivity index (χ1n) is 3.79. The molecule has 0 aromatic carbocycles. The van der Waals surface area contributed by atoms with Crippen LogP contribution < -0.4 is 5.69 Å². The van der Waals surface area contributed by atoms with Crippen molar-refractivity contribution in [2.45, 2.75) is 12.1 Å². The van der Waals surface area contributed by atoms with E-state index in [0.29, 0.717) is 10.9 Å². The van der Waals surface area contributed by atoms with Crippen LogP contribution in [0.25, 0.3) is 0 Å². The third-order valence-corrected chi connectivity index (χ3v) is 2.81. The zero-order chi connectivity index (χ0) is 9.84. The van der Waals surface area contributed by atoms with Gasteiger partial charge < -0.3 is 0 Å². The molecule has 5 nitrogen and oxygen atoms in total. The molecule has 0 radical (unpaired) electrons. The molecule has 0 aliphatic rings. The monoisotopic (exact) mass is 198 g/mol. The third kappa shape index (κ3) is 2.36. The molecule has 0 spiro atoms. The SMILES string of the molecule is CC(C#N)CSc1n[nH]c(=O)n1C. The smallest absolute Gasteiger partial charge is 0.273 e. The Morgan fingerprint density at radius 3 is 3.00 bits per heavy atom. The van der Waals surface area contributed by atoms with Crippen molar-refractivity contribution in [1.82, 2.24) is 14.8 Å². The largest absolute Gasteiger partial charge is 0.343 e. The first kappa shape index (κ1) is 9.86. The van der Waals surface area contributed by atoms with Gasteiger partial charge in [-0.2, -0.15) is 5.26 Å². The molecule has 1 unspecified atom stereocenters. The number of thioether (sulfide) groups is 1. The number of nitriles is 1. The Balaban J connectivity index is 2.61. The lowest BCUT2D eigenvalue weighted by Gasteiger charge is -1.99. The summed E-state index contributed by atoms with van der Waals surface area (Å²) in [6.45, 7) is 1.83. The summed E-state index contributed by atoms with van der Waals surface area (Å²) in [7, 11) is 1.64. The molecule has 1 rings (SSSR count). The van der Waals surface area contributed by atoms with Crippen molar-refractivity contribution in [2.75, 3.05) is 5.75 Å². The lowest BCUT2D eigenvalue weighted by Crippen LogP contribution is -2.13. The van der Waals surface area contributed by atoms with Crippen LogP contribution in [0.15, 0.2) is 9.95 Å². The van der Waals surface area contributed by atoms with Gasteiger partial charge in [-0.15, -0.1) is 5.10 Å². The highest BCUT2D eigenvalue weighted by molar-refractivity contribution is 7.99. The zero-order valence-corrected chi connectivity index (χ0v) is 8.26. The predicted molar refractivity (Wildman–Crippen MR) is 49.3 cm³/mol. The van der Waals surface area contributed by atoms with Crippen LogP contribution in [0.2, 0.25) is 0 Å². The molecule has 0 saturated carbocycles. The predicted octanol–water partition coefficient (Wildman–Crippen LogP) is 0.360. The van der Waals surface area contributed by atoms with Crippen LogP contribution in [0.3, 0.4) is 0 Å². The van der Waals surface area contributed by atoms with E-state index in [1.807, 2.05) is 6.92 Å². The fraction of sp³-hybridized carbons (Fsp3) is 0.571. The van der Waals surface area contributed by atoms with E-state index < -0.39 is 0 Å². The van der Waals surface area contributed by atoms with Gasteiger partial charge >= 0.3 is 5.69 Å². The van der Waals surface area contributed by atoms with Gasteiger partial charge in [-0.3, -0.25) is 4.57 Å². The number of nitrogens with zero attached hydrogens (tertiary/aromatic N) is 3. The van der Waals surface area contributed by atoms with Crippen LogP contribution in [0.5, 0.6) is 0 Å². The van der Waals surface area contributed by atoms with E-state index >= 15 is 0 Å². The molecule has 1 N–H and O–H groups in total. The van der Waals surface area contributed by atoms with Crippen molar-refractivity contribution < 1.29 is 0 Å². The third-order valence-electron chi connectivity index (χ3n) is 1.52. The Kier molecular flexibility index (Phi) is 3.14. The second-order valence-corrected chi connectivity index (χ2v) is 3.70. The van der Waals surface area contributed by atoms with E-state index in [2.05, 4.69) is 16.3 Å². The molecular weight excluding hydrogens is 188 g/mol. The molecule has 0 fully saturated rings. The van der Waals surface area contributed by atoms with Gasteiger partial charge in [-0.1, -0.05) is 11.8 Å². The van der Waals surface area contributed by atoms with Gasteiger partial charge in [-0.25, -0.2) is 9.89 Å². The van der Waals surface area contributed by atoms with Crippen LogP contribution >= 0.6 is 11.8 Å². The number of hydrogen-bond donors (Lipinski definition) is 1. The Morgan fingerprint density at radius 1 is 1.85 bits per heavy atom. The van der Waals surface area contributed by atoms with Crippen LogP contribution in [0.4, 0.5) is 0 Å². The second kappa shape index (κ2) is 4.14. The van der Waals surface area contributed by atoms with E-state index in [-0.39, 0.29) is 11.6 Å². The highest BCUT2D eigenvalue weighted by Crippen LogP contribution is 2.15. The molecule has 0 bridgehead atoms. The number of aromatic amines is 1. The second-order valence-electron chi connectivity index (χ2n) is 2.71. The van der Waals surface area contributed by atoms with Crippen LogP contribution in [-0.4, -0.2) is 20.5 Å². The first-order valence-corrected chi connectivity index (χ1v) is 4.77. The fourth-order valence-corrected chi connectivity index (χ4v) is 1.56. The number of aromatic nitrogens is 3. The number of H-pyrrole nitrogens is 1. The molecular formula is C7H10N4OS. The highest BCUT2D eigenvalue weighted by atomic mass is 32.2. The molecule has 0 saturated heterocycles. The van der Waals surface area contributed by atoms with Crippen molar-refractivity contribution in [2.24, 2.45) is 13.0 Å². The molecule has 1 aromatic rings. The molecule has 0 aliphatic heterocycles. The Hall–Kier alpha value is -1.22. The lowest BCUT2D eigenvalue weighted by molar-refractivity contribution is 0.761. The van der Waals surface area contributed by atoms with Gasteiger partial charge in [0.05, 0.1) is 12.0 Å². The van der Waals surface area contributed by atoms with Crippen molar-refractivity contribution in [3.05, 3.63) is 10.5 Å².